The van der Waals surface area contributed by atoms with Crippen LogP contribution in [-0.2, 0) is 0 Å². The first-order valence-electron chi connectivity index (χ1n) is 9.46. The summed E-state index contributed by atoms with van der Waals surface area (Å²) in [5, 5.41) is 8.83. The fourth-order valence-corrected chi connectivity index (χ4v) is 3.31. The van der Waals surface area contributed by atoms with E-state index in [1.54, 1.807) is 0 Å². The standard InChI is InChI=1S/C23H28N4/c1-16(2)23(20-8-6-5-7-9-20)22-15-27(26-25-22)18(4)21(24)14-19-12-10-17(3)11-13-19/h5-16,18,23H,24H2,1-4H3/b21-14-. The first kappa shape index (κ1) is 18.9. The van der Waals surface area contributed by atoms with Crippen LogP contribution in [0, 0.1) is 12.8 Å². The molecule has 0 aliphatic rings. The van der Waals surface area contributed by atoms with Crippen LogP contribution >= 0.6 is 0 Å². The number of rotatable bonds is 6. The Kier molecular flexibility index (Phi) is 5.75. The SMILES string of the molecule is Cc1ccc(/C=C(\N)C(C)n2cc(C(c3ccccc3)C(C)C)nn2)cc1. The Hall–Kier alpha value is -2.88. The van der Waals surface area contributed by atoms with Crippen LogP contribution in [0.3, 0.4) is 0 Å². The monoisotopic (exact) mass is 360 g/mol. The molecule has 0 aliphatic carbocycles. The molecule has 140 valence electrons. The highest BCUT2D eigenvalue weighted by Gasteiger charge is 2.22. The van der Waals surface area contributed by atoms with Gasteiger partial charge in [0.05, 0.1) is 11.7 Å². The number of aromatic nitrogens is 3. The predicted octanol–water partition coefficient (Wildman–Crippen LogP) is 4.94. The topological polar surface area (TPSA) is 56.7 Å². The van der Waals surface area contributed by atoms with Crippen molar-refractivity contribution in [2.24, 2.45) is 11.7 Å². The van der Waals surface area contributed by atoms with E-state index in [0.717, 1.165) is 17.0 Å². The van der Waals surface area contributed by atoms with E-state index in [1.807, 2.05) is 29.9 Å². The molecular formula is C23H28N4. The zero-order chi connectivity index (χ0) is 19.4. The molecule has 4 nitrogen and oxygen atoms in total. The quantitative estimate of drug-likeness (QED) is 0.678. The summed E-state index contributed by atoms with van der Waals surface area (Å²) in [6.07, 6.45) is 4.03. The number of hydrogen-bond acceptors (Lipinski definition) is 3. The second-order valence-electron chi connectivity index (χ2n) is 7.49. The predicted molar refractivity (Wildman–Crippen MR) is 111 cm³/mol. The summed E-state index contributed by atoms with van der Waals surface area (Å²) in [6, 6.07) is 18.7. The van der Waals surface area contributed by atoms with Gasteiger partial charge < -0.3 is 5.73 Å². The molecule has 3 aromatic rings. The van der Waals surface area contributed by atoms with Gasteiger partial charge in [-0.2, -0.15) is 0 Å². The summed E-state index contributed by atoms with van der Waals surface area (Å²) in [4.78, 5) is 0. The summed E-state index contributed by atoms with van der Waals surface area (Å²) in [5.74, 6) is 0.641. The van der Waals surface area contributed by atoms with E-state index < -0.39 is 0 Å². The maximum Gasteiger partial charge on any atom is 0.0904 e. The van der Waals surface area contributed by atoms with Gasteiger partial charge in [-0.1, -0.05) is 79.2 Å². The molecule has 0 radical (unpaired) electrons. The zero-order valence-electron chi connectivity index (χ0n) is 16.5. The van der Waals surface area contributed by atoms with Gasteiger partial charge in [-0.05, 0) is 37.0 Å². The Morgan fingerprint density at radius 1 is 1.00 bits per heavy atom. The van der Waals surface area contributed by atoms with Gasteiger partial charge in [0.25, 0.3) is 0 Å². The van der Waals surface area contributed by atoms with Crippen molar-refractivity contribution < 1.29 is 0 Å². The summed E-state index contributed by atoms with van der Waals surface area (Å²) in [6.45, 7) is 8.55. The van der Waals surface area contributed by atoms with Crippen molar-refractivity contribution in [1.82, 2.24) is 15.0 Å². The second-order valence-corrected chi connectivity index (χ2v) is 7.49. The zero-order valence-corrected chi connectivity index (χ0v) is 16.5. The molecule has 2 atom stereocenters. The molecule has 0 saturated heterocycles. The molecule has 2 N–H and O–H groups in total. The van der Waals surface area contributed by atoms with Crippen molar-refractivity contribution in [2.45, 2.75) is 39.7 Å². The summed E-state index contributed by atoms with van der Waals surface area (Å²) in [5.41, 5.74) is 11.7. The highest BCUT2D eigenvalue weighted by molar-refractivity contribution is 5.53. The molecule has 0 fully saturated rings. The van der Waals surface area contributed by atoms with E-state index in [4.69, 9.17) is 5.73 Å². The van der Waals surface area contributed by atoms with Gasteiger partial charge in [-0.15, -0.1) is 5.10 Å². The third-order valence-electron chi connectivity index (χ3n) is 4.96. The molecule has 0 saturated carbocycles. The van der Waals surface area contributed by atoms with Gasteiger partial charge in [0.1, 0.15) is 0 Å². The minimum Gasteiger partial charge on any atom is -0.400 e. The van der Waals surface area contributed by atoms with Gasteiger partial charge in [0.15, 0.2) is 0 Å². The number of aryl methyl sites for hydroxylation is 1. The average Bonchev–Trinajstić information content (AvgIpc) is 3.13. The van der Waals surface area contributed by atoms with E-state index in [2.05, 4.69) is 79.6 Å². The van der Waals surface area contributed by atoms with Gasteiger partial charge in [0.2, 0.25) is 0 Å². The van der Waals surface area contributed by atoms with Crippen molar-refractivity contribution in [3.63, 3.8) is 0 Å². The molecule has 2 unspecified atom stereocenters. The number of allylic oxidation sites excluding steroid dienone is 1. The maximum atomic E-state index is 6.35. The lowest BCUT2D eigenvalue weighted by atomic mass is 9.86. The van der Waals surface area contributed by atoms with E-state index in [0.29, 0.717) is 5.92 Å². The van der Waals surface area contributed by atoms with Crippen LogP contribution in [0.25, 0.3) is 6.08 Å². The van der Waals surface area contributed by atoms with Crippen molar-refractivity contribution in [2.75, 3.05) is 0 Å². The fraction of sp³-hybridized carbons (Fsp3) is 0.304. The van der Waals surface area contributed by atoms with Crippen molar-refractivity contribution in [3.8, 4) is 0 Å². The summed E-state index contributed by atoms with van der Waals surface area (Å²) >= 11 is 0. The van der Waals surface area contributed by atoms with Gasteiger partial charge >= 0.3 is 0 Å². The number of benzene rings is 2. The molecule has 3 rings (SSSR count). The van der Waals surface area contributed by atoms with Crippen LogP contribution in [0.15, 0.2) is 66.5 Å². The van der Waals surface area contributed by atoms with E-state index >= 15 is 0 Å². The Morgan fingerprint density at radius 2 is 1.67 bits per heavy atom. The van der Waals surface area contributed by atoms with Gasteiger partial charge in [-0.25, -0.2) is 4.68 Å². The van der Waals surface area contributed by atoms with Crippen LogP contribution in [-0.4, -0.2) is 15.0 Å². The molecule has 0 aliphatic heterocycles. The minimum atomic E-state index is -0.0591. The van der Waals surface area contributed by atoms with Gasteiger partial charge in [0, 0.05) is 17.8 Å². The Morgan fingerprint density at radius 3 is 2.30 bits per heavy atom. The number of nitrogens with zero attached hydrogens (tertiary/aromatic N) is 3. The van der Waals surface area contributed by atoms with Crippen LogP contribution in [0.5, 0.6) is 0 Å². The number of hydrogen-bond donors (Lipinski definition) is 1. The Bertz CT molecular complexity index is 892. The highest BCUT2D eigenvalue weighted by Crippen LogP contribution is 2.30. The molecule has 4 heteroatoms. The van der Waals surface area contributed by atoms with E-state index in [1.165, 1.54) is 11.1 Å². The van der Waals surface area contributed by atoms with E-state index in [-0.39, 0.29) is 12.0 Å². The van der Waals surface area contributed by atoms with Crippen molar-refractivity contribution in [3.05, 3.63) is 88.9 Å². The van der Waals surface area contributed by atoms with E-state index in [9.17, 15) is 0 Å². The minimum absolute atomic E-state index is 0.0591. The van der Waals surface area contributed by atoms with Gasteiger partial charge in [-0.3, -0.25) is 0 Å². The molecule has 0 spiro atoms. The normalized spacial score (nSPS) is 14.3. The average molecular weight is 361 g/mol. The highest BCUT2D eigenvalue weighted by atomic mass is 15.4. The molecule has 0 bridgehead atoms. The summed E-state index contributed by atoms with van der Waals surface area (Å²) in [7, 11) is 0. The fourth-order valence-electron chi connectivity index (χ4n) is 3.31. The van der Waals surface area contributed by atoms with Crippen molar-refractivity contribution >= 4 is 6.08 Å². The van der Waals surface area contributed by atoms with Crippen LogP contribution in [0.1, 0.15) is 55.1 Å². The lowest BCUT2D eigenvalue weighted by molar-refractivity contribution is 0.532. The maximum absolute atomic E-state index is 6.35. The first-order valence-corrected chi connectivity index (χ1v) is 9.46. The lowest BCUT2D eigenvalue weighted by Gasteiger charge is -2.19. The molecule has 1 aromatic heterocycles. The number of nitrogens with two attached hydrogens (primary N) is 1. The third kappa shape index (κ3) is 4.45. The largest absolute Gasteiger partial charge is 0.400 e. The van der Waals surface area contributed by atoms with Crippen LogP contribution in [0.4, 0.5) is 0 Å². The smallest absolute Gasteiger partial charge is 0.0904 e. The molecule has 1 heterocycles. The van der Waals surface area contributed by atoms with Crippen LogP contribution < -0.4 is 5.73 Å². The molecular weight excluding hydrogens is 332 g/mol. The Labute approximate surface area is 161 Å². The lowest BCUT2D eigenvalue weighted by Crippen LogP contribution is -2.15. The second kappa shape index (κ2) is 8.21. The molecule has 2 aromatic carbocycles. The first-order chi connectivity index (χ1) is 13.0. The third-order valence-corrected chi connectivity index (χ3v) is 4.96. The molecule has 27 heavy (non-hydrogen) atoms. The van der Waals surface area contributed by atoms with Crippen molar-refractivity contribution in [1.29, 1.82) is 0 Å². The Balaban J connectivity index is 1.84. The molecule has 0 amide bonds. The van der Waals surface area contributed by atoms with Crippen LogP contribution in [0.2, 0.25) is 0 Å². The summed E-state index contributed by atoms with van der Waals surface area (Å²) < 4.78 is 1.85.